The highest BCUT2D eigenvalue weighted by atomic mass is 16.5. The topological polar surface area (TPSA) is 24.5 Å². The van der Waals surface area contributed by atoms with Gasteiger partial charge in [-0.15, -0.1) is 0 Å². The van der Waals surface area contributed by atoms with E-state index in [9.17, 15) is 0 Å². The zero-order chi connectivity index (χ0) is 11.4. The van der Waals surface area contributed by atoms with Crippen molar-refractivity contribution in [3.05, 3.63) is 0 Å². The van der Waals surface area contributed by atoms with Crippen LogP contribution < -0.4 is 5.32 Å². The van der Waals surface area contributed by atoms with Gasteiger partial charge in [0.05, 0.1) is 6.10 Å². The van der Waals surface area contributed by atoms with E-state index in [1.54, 1.807) is 0 Å². The van der Waals surface area contributed by atoms with E-state index < -0.39 is 0 Å². The second-order valence-corrected chi connectivity index (χ2v) is 5.20. The summed E-state index contributed by atoms with van der Waals surface area (Å²) < 4.78 is 5.44. The third-order valence-corrected chi connectivity index (χ3v) is 4.22. The van der Waals surface area contributed by atoms with Crippen LogP contribution in [0.1, 0.15) is 39.0 Å². The van der Waals surface area contributed by atoms with Crippen molar-refractivity contribution in [3.63, 3.8) is 0 Å². The van der Waals surface area contributed by atoms with E-state index >= 15 is 0 Å². The first-order valence-corrected chi connectivity index (χ1v) is 6.83. The second-order valence-electron chi connectivity index (χ2n) is 5.20. The highest BCUT2D eigenvalue weighted by Gasteiger charge is 2.30. The molecule has 2 rings (SSSR count). The van der Waals surface area contributed by atoms with Crippen molar-refractivity contribution < 1.29 is 4.74 Å². The Bertz CT molecular complexity index is 202. The molecule has 1 saturated heterocycles. The molecule has 16 heavy (non-hydrogen) atoms. The van der Waals surface area contributed by atoms with E-state index in [4.69, 9.17) is 4.74 Å². The third kappa shape index (κ3) is 2.96. The van der Waals surface area contributed by atoms with Gasteiger partial charge in [-0.2, -0.15) is 0 Å². The van der Waals surface area contributed by atoms with Crippen LogP contribution >= 0.6 is 0 Å². The smallest absolute Gasteiger partial charge is 0.0710 e. The summed E-state index contributed by atoms with van der Waals surface area (Å²) in [4.78, 5) is 2.65. The normalized spacial score (nSPS) is 36.8. The van der Waals surface area contributed by atoms with Gasteiger partial charge in [0.15, 0.2) is 0 Å². The zero-order valence-corrected chi connectivity index (χ0v) is 10.7. The van der Waals surface area contributed by atoms with Crippen molar-refractivity contribution in [2.24, 2.45) is 0 Å². The van der Waals surface area contributed by atoms with Crippen molar-refractivity contribution in [1.82, 2.24) is 10.2 Å². The molecular formula is C13H26N2O. The van der Waals surface area contributed by atoms with Crippen LogP contribution in [-0.2, 0) is 4.74 Å². The minimum atomic E-state index is 0.492. The molecule has 2 aliphatic rings. The monoisotopic (exact) mass is 226 g/mol. The number of ether oxygens (including phenoxy) is 1. The van der Waals surface area contributed by atoms with E-state index in [2.05, 4.69) is 17.1 Å². The lowest BCUT2D eigenvalue weighted by Crippen LogP contribution is -2.41. The van der Waals surface area contributed by atoms with Gasteiger partial charge in [0.25, 0.3) is 0 Å². The van der Waals surface area contributed by atoms with E-state index in [1.807, 2.05) is 7.11 Å². The number of methoxy groups -OCH3 is 1. The number of likely N-dealkylation sites (tertiary alicyclic amines) is 1. The second kappa shape index (κ2) is 5.99. The van der Waals surface area contributed by atoms with E-state index in [0.717, 1.165) is 25.2 Å². The molecule has 1 atom stereocenters. The predicted molar refractivity (Wildman–Crippen MR) is 66.7 cm³/mol. The molecule has 1 aliphatic carbocycles. The number of rotatable bonds is 4. The van der Waals surface area contributed by atoms with Gasteiger partial charge in [0.1, 0.15) is 0 Å². The van der Waals surface area contributed by atoms with Crippen molar-refractivity contribution in [2.45, 2.75) is 57.2 Å². The number of nitrogens with one attached hydrogen (secondary N) is 1. The summed E-state index contributed by atoms with van der Waals surface area (Å²) in [7, 11) is 1.84. The molecule has 3 nitrogen and oxygen atoms in total. The van der Waals surface area contributed by atoms with Crippen LogP contribution in [0.3, 0.4) is 0 Å². The molecule has 1 aliphatic heterocycles. The van der Waals surface area contributed by atoms with Gasteiger partial charge < -0.3 is 10.1 Å². The van der Waals surface area contributed by atoms with Crippen LogP contribution in [-0.4, -0.2) is 49.8 Å². The third-order valence-electron chi connectivity index (χ3n) is 4.22. The lowest BCUT2D eigenvalue weighted by molar-refractivity contribution is 0.0933. The molecule has 0 aromatic heterocycles. The van der Waals surface area contributed by atoms with Gasteiger partial charge in [-0.3, -0.25) is 4.90 Å². The summed E-state index contributed by atoms with van der Waals surface area (Å²) in [6.07, 6.45) is 7.16. The predicted octanol–water partition coefficient (Wildman–Crippen LogP) is 1.63. The quantitative estimate of drug-likeness (QED) is 0.788. The van der Waals surface area contributed by atoms with Gasteiger partial charge >= 0.3 is 0 Å². The molecule has 94 valence electrons. The Balaban J connectivity index is 1.72. The van der Waals surface area contributed by atoms with Crippen LogP contribution in [0.25, 0.3) is 0 Å². The highest BCUT2D eigenvalue weighted by molar-refractivity contribution is 4.87. The summed E-state index contributed by atoms with van der Waals surface area (Å²) in [5.74, 6) is 0. The van der Waals surface area contributed by atoms with E-state index in [0.29, 0.717) is 6.10 Å². The lowest BCUT2D eigenvalue weighted by Gasteiger charge is -2.34. The van der Waals surface area contributed by atoms with Gasteiger partial charge in [0.2, 0.25) is 0 Å². The Morgan fingerprint density at radius 3 is 2.50 bits per heavy atom. The maximum absolute atomic E-state index is 5.44. The van der Waals surface area contributed by atoms with Crippen LogP contribution in [0.4, 0.5) is 0 Å². The first kappa shape index (κ1) is 12.3. The van der Waals surface area contributed by atoms with Crippen molar-refractivity contribution in [1.29, 1.82) is 0 Å². The number of hydrogen-bond donors (Lipinski definition) is 1. The minimum Gasteiger partial charge on any atom is -0.380 e. The molecule has 0 spiro atoms. The first-order valence-electron chi connectivity index (χ1n) is 6.83. The standard InChI is InChI=1S/C13H26N2O/c1-3-14-11-4-6-12(7-5-11)15-9-8-13(10-15)16-2/h11-14H,3-10H2,1-2H3. The maximum Gasteiger partial charge on any atom is 0.0710 e. The van der Waals surface area contributed by atoms with Crippen LogP contribution in [0, 0.1) is 0 Å². The summed E-state index contributed by atoms with van der Waals surface area (Å²) in [5.41, 5.74) is 0. The molecule has 1 saturated carbocycles. The molecular weight excluding hydrogens is 200 g/mol. The molecule has 3 heteroatoms. The summed E-state index contributed by atoms with van der Waals surface area (Å²) in [6.45, 7) is 5.72. The fraction of sp³-hybridized carbons (Fsp3) is 1.00. The molecule has 1 heterocycles. The molecule has 0 aromatic rings. The lowest BCUT2D eigenvalue weighted by atomic mass is 9.90. The minimum absolute atomic E-state index is 0.492. The molecule has 0 radical (unpaired) electrons. The SMILES string of the molecule is CCNC1CCC(N2CCC(OC)C2)CC1. The van der Waals surface area contributed by atoms with E-state index in [-0.39, 0.29) is 0 Å². The molecule has 2 fully saturated rings. The number of nitrogens with zero attached hydrogens (tertiary/aromatic N) is 1. The fourth-order valence-electron chi connectivity index (χ4n) is 3.21. The molecule has 1 unspecified atom stereocenters. The van der Waals surface area contributed by atoms with Gasteiger partial charge in [0, 0.05) is 32.3 Å². The molecule has 0 aromatic carbocycles. The van der Waals surface area contributed by atoms with Crippen LogP contribution in [0.5, 0.6) is 0 Å². The zero-order valence-electron chi connectivity index (χ0n) is 10.7. The Morgan fingerprint density at radius 1 is 1.19 bits per heavy atom. The Hall–Kier alpha value is -0.120. The van der Waals surface area contributed by atoms with Gasteiger partial charge in [-0.1, -0.05) is 6.92 Å². The molecule has 0 amide bonds. The highest BCUT2D eigenvalue weighted by Crippen LogP contribution is 2.26. The largest absolute Gasteiger partial charge is 0.380 e. The average Bonchev–Trinajstić information content (AvgIpc) is 2.79. The maximum atomic E-state index is 5.44. The number of hydrogen-bond acceptors (Lipinski definition) is 3. The average molecular weight is 226 g/mol. The van der Waals surface area contributed by atoms with Crippen LogP contribution in [0.2, 0.25) is 0 Å². The molecule has 0 bridgehead atoms. The first-order chi connectivity index (χ1) is 7.83. The summed E-state index contributed by atoms with van der Waals surface area (Å²) in [6, 6.07) is 1.61. The van der Waals surface area contributed by atoms with Gasteiger partial charge in [-0.05, 0) is 38.6 Å². The van der Waals surface area contributed by atoms with Crippen molar-refractivity contribution >= 4 is 0 Å². The van der Waals surface area contributed by atoms with Gasteiger partial charge in [-0.25, -0.2) is 0 Å². The Labute approximate surface area is 99.5 Å². The Kier molecular flexibility index (Phi) is 4.62. The summed E-state index contributed by atoms with van der Waals surface area (Å²) in [5, 5.41) is 3.57. The summed E-state index contributed by atoms with van der Waals surface area (Å²) >= 11 is 0. The van der Waals surface area contributed by atoms with E-state index in [1.165, 1.54) is 38.6 Å². The molecule has 1 N–H and O–H groups in total. The fourth-order valence-corrected chi connectivity index (χ4v) is 3.21. The van der Waals surface area contributed by atoms with Crippen molar-refractivity contribution in [3.8, 4) is 0 Å². The van der Waals surface area contributed by atoms with Crippen molar-refractivity contribution in [2.75, 3.05) is 26.7 Å². The van der Waals surface area contributed by atoms with Crippen LogP contribution in [0.15, 0.2) is 0 Å². The Morgan fingerprint density at radius 2 is 1.94 bits per heavy atom.